The van der Waals surface area contributed by atoms with Crippen molar-refractivity contribution in [2.45, 2.75) is 6.42 Å². The van der Waals surface area contributed by atoms with Gasteiger partial charge in [0.05, 0.1) is 12.8 Å². The molecule has 2 heterocycles. The molecule has 0 atom stereocenters. The van der Waals surface area contributed by atoms with Crippen LogP contribution in [0.4, 0.5) is 0 Å². The maximum Gasteiger partial charge on any atom is 0.235 e. The van der Waals surface area contributed by atoms with E-state index in [9.17, 15) is 4.79 Å². The van der Waals surface area contributed by atoms with Crippen molar-refractivity contribution in [1.82, 2.24) is 4.98 Å². The van der Waals surface area contributed by atoms with Gasteiger partial charge >= 0.3 is 0 Å². The van der Waals surface area contributed by atoms with Gasteiger partial charge in [-0.05, 0) is 30.2 Å². The molecule has 1 aliphatic rings. The van der Waals surface area contributed by atoms with Gasteiger partial charge in [0.15, 0.2) is 0 Å². The second-order valence-corrected chi connectivity index (χ2v) is 4.84. The number of H-pyrrole nitrogens is 1. The van der Waals surface area contributed by atoms with E-state index >= 15 is 0 Å². The van der Waals surface area contributed by atoms with Crippen LogP contribution in [-0.4, -0.2) is 23.0 Å². The third-order valence-electron chi connectivity index (χ3n) is 2.90. The average Bonchev–Trinajstić information content (AvgIpc) is 2.68. The first kappa shape index (κ1) is 9.78. The minimum atomic E-state index is 0.149. The van der Waals surface area contributed by atoms with E-state index < -0.39 is 0 Å². The Hall–Kier alpha value is -1.42. The summed E-state index contributed by atoms with van der Waals surface area (Å²) in [5.74, 6) is 1.70. The fourth-order valence-corrected chi connectivity index (χ4v) is 2.92. The molecule has 3 nitrogen and oxygen atoms in total. The minimum Gasteiger partial charge on any atom is -0.497 e. The van der Waals surface area contributed by atoms with Crippen molar-refractivity contribution in [3.05, 3.63) is 29.5 Å². The Kier molecular flexibility index (Phi) is 2.17. The summed E-state index contributed by atoms with van der Waals surface area (Å²) < 4.78 is 5.21. The normalized spacial score (nSPS) is 15.2. The van der Waals surface area contributed by atoms with Crippen molar-refractivity contribution in [2.75, 3.05) is 12.9 Å². The number of aryl methyl sites for hydroxylation is 1. The molecule has 16 heavy (non-hydrogen) atoms. The van der Waals surface area contributed by atoms with Gasteiger partial charge in [-0.15, -0.1) is 0 Å². The molecule has 0 bridgehead atoms. The molecular formula is C12H11NO2S. The van der Waals surface area contributed by atoms with Crippen LogP contribution in [0.5, 0.6) is 5.75 Å². The molecule has 4 heteroatoms. The summed E-state index contributed by atoms with van der Waals surface area (Å²) in [6, 6.07) is 5.86. The van der Waals surface area contributed by atoms with E-state index in [1.54, 1.807) is 7.11 Å². The van der Waals surface area contributed by atoms with Crippen LogP contribution in [0.25, 0.3) is 10.9 Å². The Morgan fingerprint density at radius 2 is 2.31 bits per heavy atom. The van der Waals surface area contributed by atoms with E-state index in [1.807, 2.05) is 18.2 Å². The van der Waals surface area contributed by atoms with Crippen molar-refractivity contribution in [1.29, 1.82) is 0 Å². The van der Waals surface area contributed by atoms with Crippen molar-refractivity contribution in [3.63, 3.8) is 0 Å². The Labute approximate surface area is 97.2 Å². The highest BCUT2D eigenvalue weighted by Gasteiger charge is 2.22. The summed E-state index contributed by atoms with van der Waals surface area (Å²) in [4.78, 5) is 14.9. The fraction of sp³-hybridized carbons (Fsp3) is 0.250. The zero-order valence-corrected chi connectivity index (χ0v) is 9.69. The molecule has 0 unspecified atom stereocenters. The number of benzene rings is 1. The molecule has 2 aromatic rings. The van der Waals surface area contributed by atoms with Crippen LogP contribution in [-0.2, 0) is 6.42 Å². The van der Waals surface area contributed by atoms with Crippen molar-refractivity contribution < 1.29 is 9.53 Å². The van der Waals surface area contributed by atoms with Crippen molar-refractivity contribution in [3.8, 4) is 5.75 Å². The first-order valence-electron chi connectivity index (χ1n) is 5.15. The maximum atomic E-state index is 11.7. The molecule has 0 radical (unpaired) electrons. The van der Waals surface area contributed by atoms with Crippen molar-refractivity contribution >= 4 is 27.8 Å². The zero-order chi connectivity index (χ0) is 11.1. The standard InChI is InChI=1S/C12H11NO2S/c1-15-7-2-3-10-9(6-7)8-4-5-16-12(14)11(8)13-10/h2-3,6,13H,4-5H2,1H3. The molecule has 3 rings (SSSR count). The Morgan fingerprint density at radius 1 is 1.44 bits per heavy atom. The molecule has 1 aromatic heterocycles. The topological polar surface area (TPSA) is 42.1 Å². The van der Waals surface area contributed by atoms with Gasteiger partial charge in [-0.1, -0.05) is 11.8 Å². The van der Waals surface area contributed by atoms with Gasteiger partial charge in [-0.25, -0.2) is 0 Å². The van der Waals surface area contributed by atoms with Crippen LogP contribution in [0.3, 0.4) is 0 Å². The lowest BCUT2D eigenvalue weighted by molar-refractivity contribution is 0.108. The third-order valence-corrected chi connectivity index (χ3v) is 3.78. The molecule has 0 aliphatic carbocycles. The zero-order valence-electron chi connectivity index (χ0n) is 8.87. The summed E-state index contributed by atoms with van der Waals surface area (Å²) in [7, 11) is 1.65. The number of aromatic amines is 1. The number of fused-ring (bicyclic) bond motifs is 3. The summed E-state index contributed by atoms with van der Waals surface area (Å²) in [5, 5.41) is 1.26. The molecular weight excluding hydrogens is 222 g/mol. The number of hydrogen-bond donors (Lipinski definition) is 1. The fourth-order valence-electron chi connectivity index (χ4n) is 2.11. The smallest absolute Gasteiger partial charge is 0.235 e. The monoisotopic (exact) mass is 233 g/mol. The highest BCUT2D eigenvalue weighted by Crippen LogP contribution is 2.32. The van der Waals surface area contributed by atoms with Gasteiger partial charge in [-0.2, -0.15) is 0 Å². The molecule has 0 saturated carbocycles. The second kappa shape index (κ2) is 3.56. The van der Waals surface area contributed by atoms with E-state index in [4.69, 9.17) is 4.74 Å². The van der Waals surface area contributed by atoms with E-state index in [0.717, 1.165) is 40.1 Å². The summed E-state index contributed by atoms with van der Waals surface area (Å²) in [6.07, 6.45) is 0.943. The Bertz CT molecular complexity index is 574. The average molecular weight is 233 g/mol. The lowest BCUT2D eigenvalue weighted by Gasteiger charge is -2.09. The van der Waals surface area contributed by atoms with Crippen LogP contribution < -0.4 is 4.74 Å². The molecule has 1 N–H and O–H groups in total. The van der Waals surface area contributed by atoms with E-state index in [2.05, 4.69) is 4.98 Å². The molecule has 0 amide bonds. The van der Waals surface area contributed by atoms with Crippen LogP contribution in [0, 0.1) is 0 Å². The molecule has 0 spiro atoms. The summed E-state index contributed by atoms with van der Waals surface area (Å²) >= 11 is 1.38. The van der Waals surface area contributed by atoms with Crippen LogP contribution >= 0.6 is 11.8 Å². The number of thioether (sulfide) groups is 1. The van der Waals surface area contributed by atoms with E-state index in [0.29, 0.717) is 0 Å². The quantitative estimate of drug-likeness (QED) is 0.823. The van der Waals surface area contributed by atoms with E-state index in [-0.39, 0.29) is 5.12 Å². The van der Waals surface area contributed by atoms with E-state index in [1.165, 1.54) is 11.8 Å². The highest BCUT2D eigenvalue weighted by atomic mass is 32.2. The number of nitrogens with one attached hydrogen (secondary N) is 1. The van der Waals surface area contributed by atoms with Gasteiger partial charge < -0.3 is 9.72 Å². The van der Waals surface area contributed by atoms with Gasteiger partial charge in [-0.3, -0.25) is 4.79 Å². The largest absolute Gasteiger partial charge is 0.497 e. The lowest BCUT2D eigenvalue weighted by atomic mass is 10.1. The number of rotatable bonds is 1. The minimum absolute atomic E-state index is 0.149. The number of aromatic nitrogens is 1. The first-order chi connectivity index (χ1) is 7.79. The molecule has 0 saturated heterocycles. The summed E-state index contributed by atoms with van der Waals surface area (Å²) in [5.41, 5.74) is 2.92. The third kappa shape index (κ3) is 1.33. The molecule has 82 valence electrons. The predicted octanol–water partition coefficient (Wildman–Crippen LogP) is 2.61. The van der Waals surface area contributed by atoms with Crippen LogP contribution in [0.15, 0.2) is 18.2 Å². The number of carbonyl (C=O) groups is 1. The summed E-state index contributed by atoms with van der Waals surface area (Å²) in [6.45, 7) is 0. The van der Waals surface area contributed by atoms with Crippen LogP contribution in [0.1, 0.15) is 16.1 Å². The van der Waals surface area contributed by atoms with Gasteiger partial charge in [0.25, 0.3) is 0 Å². The molecule has 1 aromatic carbocycles. The van der Waals surface area contributed by atoms with Crippen molar-refractivity contribution in [2.24, 2.45) is 0 Å². The van der Waals surface area contributed by atoms with Gasteiger partial charge in [0.2, 0.25) is 5.12 Å². The number of hydrogen-bond acceptors (Lipinski definition) is 3. The Balaban J connectivity index is 2.29. The predicted molar refractivity (Wildman–Crippen MR) is 65.3 cm³/mol. The highest BCUT2D eigenvalue weighted by molar-refractivity contribution is 8.14. The molecule has 0 fully saturated rings. The van der Waals surface area contributed by atoms with Gasteiger partial charge in [0, 0.05) is 16.7 Å². The van der Waals surface area contributed by atoms with Gasteiger partial charge in [0.1, 0.15) is 5.75 Å². The SMILES string of the molecule is COc1ccc2[nH]c3c(c2c1)CCSC3=O. The lowest BCUT2D eigenvalue weighted by Crippen LogP contribution is -2.07. The molecule has 1 aliphatic heterocycles. The first-order valence-corrected chi connectivity index (χ1v) is 6.14. The number of carbonyl (C=O) groups excluding carboxylic acids is 1. The second-order valence-electron chi connectivity index (χ2n) is 3.78. The van der Waals surface area contributed by atoms with Crippen LogP contribution in [0.2, 0.25) is 0 Å². The number of methoxy groups -OCH3 is 1. The number of ether oxygens (including phenoxy) is 1. The maximum absolute atomic E-state index is 11.7. The Morgan fingerprint density at radius 3 is 3.12 bits per heavy atom.